The fraction of sp³-hybridized carbons (Fsp3) is 0.727. The van der Waals surface area contributed by atoms with E-state index in [1.54, 1.807) is 6.20 Å². The van der Waals surface area contributed by atoms with E-state index in [1.165, 1.54) is 6.26 Å². The molecule has 1 aliphatic heterocycles. The normalized spacial score (nSPS) is 22.8. The lowest BCUT2D eigenvalue weighted by atomic mass is 10.0. The first-order valence-electron chi connectivity index (χ1n) is 5.91. The topological polar surface area (TPSA) is 66.1 Å². The number of rotatable bonds is 4. The minimum Gasteiger partial charge on any atom is -0.348 e. The molecule has 0 amide bonds. The number of hydrogen-bond acceptors (Lipinski definition) is 4. The Hall–Kier alpha value is -0.880. The molecule has 17 heavy (non-hydrogen) atoms. The highest BCUT2D eigenvalue weighted by molar-refractivity contribution is 7.90. The lowest BCUT2D eigenvalue weighted by Gasteiger charge is -2.31. The van der Waals surface area contributed by atoms with E-state index in [1.807, 2.05) is 6.20 Å². The van der Waals surface area contributed by atoms with Gasteiger partial charge in [0.05, 0.1) is 12.3 Å². The van der Waals surface area contributed by atoms with Gasteiger partial charge in [-0.2, -0.15) is 0 Å². The second-order valence-electron chi connectivity index (χ2n) is 4.87. The maximum Gasteiger partial charge on any atom is 0.147 e. The highest BCUT2D eigenvalue weighted by Crippen LogP contribution is 2.19. The number of hydrogen-bond donors (Lipinski definition) is 1. The van der Waals surface area contributed by atoms with Gasteiger partial charge in [-0.25, -0.2) is 13.4 Å². The summed E-state index contributed by atoms with van der Waals surface area (Å²) in [4.78, 5) is 9.55. The van der Waals surface area contributed by atoms with E-state index in [0.29, 0.717) is 5.75 Å². The fourth-order valence-electron chi connectivity index (χ4n) is 2.46. The Morgan fingerprint density at radius 2 is 2.41 bits per heavy atom. The van der Waals surface area contributed by atoms with Gasteiger partial charge in [-0.1, -0.05) is 0 Å². The zero-order valence-corrected chi connectivity index (χ0v) is 10.9. The van der Waals surface area contributed by atoms with Crippen molar-refractivity contribution in [2.75, 3.05) is 25.1 Å². The van der Waals surface area contributed by atoms with Crippen molar-refractivity contribution in [3.63, 3.8) is 0 Å². The number of nitrogens with one attached hydrogen (secondary N) is 1. The molecule has 1 N–H and O–H groups in total. The quantitative estimate of drug-likeness (QED) is 0.861. The van der Waals surface area contributed by atoms with Crippen molar-refractivity contribution in [1.29, 1.82) is 0 Å². The molecule has 5 nitrogen and oxygen atoms in total. The van der Waals surface area contributed by atoms with E-state index in [9.17, 15) is 8.42 Å². The van der Waals surface area contributed by atoms with Crippen molar-refractivity contribution in [3.8, 4) is 0 Å². The van der Waals surface area contributed by atoms with Gasteiger partial charge in [0.1, 0.15) is 15.7 Å². The van der Waals surface area contributed by atoms with Crippen LogP contribution in [-0.4, -0.2) is 48.4 Å². The standard InChI is InChI=1S/C11H19N3O2S/c1-17(15,16)9-10-3-2-6-14(7-10)8-11-12-4-5-13-11/h4-5,10H,2-3,6-9H2,1H3,(H,12,13)/t10-/m0/s1. The second kappa shape index (κ2) is 5.18. The predicted octanol–water partition coefficient (Wildman–Crippen LogP) is 0.666. The Labute approximate surface area is 102 Å². The molecule has 2 heterocycles. The van der Waals surface area contributed by atoms with Gasteiger partial charge in [-0.15, -0.1) is 0 Å². The Morgan fingerprint density at radius 3 is 3.06 bits per heavy atom. The second-order valence-corrected chi connectivity index (χ2v) is 7.06. The van der Waals surface area contributed by atoms with Crippen molar-refractivity contribution in [1.82, 2.24) is 14.9 Å². The zero-order chi connectivity index (χ0) is 12.3. The number of piperidine rings is 1. The summed E-state index contributed by atoms with van der Waals surface area (Å²) in [6.45, 7) is 2.67. The smallest absolute Gasteiger partial charge is 0.147 e. The monoisotopic (exact) mass is 257 g/mol. The molecule has 1 saturated heterocycles. The molecule has 2 rings (SSSR count). The van der Waals surface area contributed by atoms with Crippen LogP contribution < -0.4 is 0 Å². The molecule has 0 bridgehead atoms. The van der Waals surface area contributed by atoms with Gasteiger partial charge in [-0.3, -0.25) is 4.90 Å². The van der Waals surface area contributed by atoms with Gasteiger partial charge < -0.3 is 4.98 Å². The summed E-state index contributed by atoms with van der Waals surface area (Å²) < 4.78 is 22.6. The number of H-pyrrole nitrogens is 1. The molecule has 1 aliphatic rings. The van der Waals surface area contributed by atoms with Crippen LogP contribution in [0.15, 0.2) is 12.4 Å². The van der Waals surface area contributed by atoms with Crippen molar-refractivity contribution >= 4 is 9.84 Å². The highest BCUT2D eigenvalue weighted by Gasteiger charge is 2.23. The Morgan fingerprint density at radius 1 is 1.59 bits per heavy atom. The Balaban J connectivity index is 1.89. The lowest BCUT2D eigenvalue weighted by molar-refractivity contribution is 0.174. The SMILES string of the molecule is CS(=O)(=O)C[C@H]1CCCN(Cc2ncc[nH]2)C1. The van der Waals surface area contributed by atoms with Crippen LogP contribution in [0.3, 0.4) is 0 Å². The van der Waals surface area contributed by atoms with Crippen LogP contribution >= 0.6 is 0 Å². The fourth-order valence-corrected chi connectivity index (χ4v) is 3.58. The Bertz CT molecular complexity index is 441. The summed E-state index contributed by atoms with van der Waals surface area (Å²) in [6.07, 6.45) is 6.96. The van der Waals surface area contributed by atoms with Crippen molar-refractivity contribution < 1.29 is 8.42 Å². The highest BCUT2D eigenvalue weighted by atomic mass is 32.2. The van der Waals surface area contributed by atoms with Crippen LogP contribution in [0.25, 0.3) is 0 Å². The van der Waals surface area contributed by atoms with Crippen LogP contribution in [0.4, 0.5) is 0 Å². The van der Waals surface area contributed by atoms with Crippen LogP contribution in [0.2, 0.25) is 0 Å². The molecule has 0 aliphatic carbocycles. The molecule has 1 atom stereocenters. The van der Waals surface area contributed by atoms with E-state index in [0.717, 1.165) is 38.3 Å². The average molecular weight is 257 g/mol. The molecule has 96 valence electrons. The molecule has 0 radical (unpaired) electrons. The molecule has 1 aromatic heterocycles. The lowest BCUT2D eigenvalue weighted by Crippen LogP contribution is -2.37. The molecule has 1 aromatic rings. The van der Waals surface area contributed by atoms with Gasteiger partial charge in [0.25, 0.3) is 0 Å². The first kappa shape index (κ1) is 12.6. The zero-order valence-electron chi connectivity index (χ0n) is 10.1. The minimum atomic E-state index is -2.86. The molecule has 0 unspecified atom stereocenters. The van der Waals surface area contributed by atoms with E-state index in [-0.39, 0.29) is 5.92 Å². The van der Waals surface area contributed by atoms with Gasteiger partial charge >= 0.3 is 0 Å². The van der Waals surface area contributed by atoms with Crippen molar-refractivity contribution in [3.05, 3.63) is 18.2 Å². The summed E-state index contributed by atoms with van der Waals surface area (Å²) in [6, 6.07) is 0. The summed E-state index contributed by atoms with van der Waals surface area (Å²) in [5.74, 6) is 1.53. The third-order valence-electron chi connectivity index (χ3n) is 3.07. The summed E-state index contributed by atoms with van der Waals surface area (Å²) >= 11 is 0. The van der Waals surface area contributed by atoms with E-state index in [4.69, 9.17) is 0 Å². The number of imidazole rings is 1. The number of likely N-dealkylation sites (tertiary alicyclic amines) is 1. The number of aromatic amines is 1. The summed E-state index contributed by atoms with van der Waals surface area (Å²) in [5.41, 5.74) is 0. The predicted molar refractivity (Wildman–Crippen MR) is 66.3 cm³/mol. The van der Waals surface area contributed by atoms with E-state index < -0.39 is 9.84 Å². The van der Waals surface area contributed by atoms with Crippen LogP contribution in [0.5, 0.6) is 0 Å². The van der Waals surface area contributed by atoms with E-state index >= 15 is 0 Å². The van der Waals surface area contributed by atoms with Crippen LogP contribution in [0, 0.1) is 5.92 Å². The van der Waals surface area contributed by atoms with Gasteiger partial charge in [-0.05, 0) is 25.3 Å². The maximum atomic E-state index is 11.3. The molecule has 0 aromatic carbocycles. The first-order chi connectivity index (χ1) is 8.03. The number of sulfone groups is 1. The van der Waals surface area contributed by atoms with Gasteiger partial charge in [0.15, 0.2) is 0 Å². The minimum absolute atomic E-state index is 0.272. The van der Waals surface area contributed by atoms with Crippen LogP contribution in [-0.2, 0) is 16.4 Å². The average Bonchev–Trinajstić information content (AvgIpc) is 2.68. The van der Waals surface area contributed by atoms with Crippen molar-refractivity contribution in [2.24, 2.45) is 5.92 Å². The number of aromatic nitrogens is 2. The van der Waals surface area contributed by atoms with Crippen LogP contribution in [0.1, 0.15) is 18.7 Å². The molecule has 6 heteroatoms. The molecule has 1 fully saturated rings. The largest absolute Gasteiger partial charge is 0.348 e. The number of nitrogens with zero attached hydrogens (tertiary/aromatic N) is 2. The van der Waals surface area contributed by atoms with Gasteiger partial charge in [0, 0.05) is 25.2 Å². The Kier molecular flexibility index (Phi) is 3.83. The third kappa shape index (κ3) is 4.12. The maximum absolute atomic E-state index is 11.3. The molecular weight excluding hydrogens is 238 g/mol. The third-order valence-corrected chi connectivity index (χ3v) is 4.15. The van der Waals surface area contributed by atoms with Crippen molar-refractivity contribution in [2.45, 2.75) is 19.4 Å². The molecular formula is C11H19N3O2S. The van der Waals surface area contributed by atoms with Gasteiger partial charge in [0.2, 0.25) is 0 Å². The first-order valence-corrected chi connectivity index (χ1v) is 7.97. The molecule has 0 spiro atoms. The van der Waals surface area contributed by atoms with E-state index in [2.05, 4.69) is 14.9 Å². The summed E-state index contributed by atoms with van der Waals surface area (Å²) in [7, 11) is -2.86. The molecule has 0 saturated carbocycles. The summed E-state index contributed by atoms with van der Waals surface area (Å²) in [5, 5.41) is 0.